The van der Waals surface area contributed by atoms with Gasteiger partial charge in [0.2, 0.25) is 0 Å². The van der Waals surface area contributed by atoms with Crippen LogP contribution in [0.4, 0.5) is 0 Å². The highest BCUT2D eigenvalue weighted by atomic mass is 16.5. The van der Waals surface area contributed by atoms with Crippen LogP contribution < -0.4 is 4.74 Å². The van der Waals surface area contributed by atoms with Crippen molar-refractivity contribution in [3.8, 4) is 5.75 Å². The number of aliphatic hydroxyl groups is 1. The minimum atomic E-state index is -0.0750. The summed E-state index contributed by atoms with van der Waals surface area (Å²) in [5, 5.41) is 8.79. The Labute approximate surface area is 88.1 Å². The van der Waals surface area contributed by atoms with E-state index in [0.717, 1.165) is 5.56 Å². The zero-order valence-electron chi connectivity index (χ0n) is 8.56. The van der Waals surface area contributed by atoms with E-state index in [1.54, 1.807) is 6.07 Å². The standard InChI is InChI=1S/C11H13NO3/c1-8-3-2-4-9-10(8)15-7-12(5-6-13)11(9)14/h2-4,13H,5-7H2,1H3. The van der Waals surface area contributed by atoms with Crippen molar-refractivity contribution in [3.05, 3.63) is 29.3 Å². The number of amides is 1. The lowest BCUT2D eigenvalue weighted by Gasteiger charge is -2.28. The first-order valence-corrected chi connectivity index (χ1v) is 4.86. The Bertz CT molecular complexity index is 389. The molecule has 4 nitrogen and oxygen atoms in total. The molecular formula is C11H13NO3. The fraction of sp³-hybridized carbons (Fsp3) is 0.364. The van der Waals surface area contributed by atoms with Crippen LogP contribution in [0.3, 0.4) is 0 Å². The Kier molecular flexibility index (Phi) is 2.60. The SMILES string of the molecule is Cc1cccc2c1OCN(CCO)C2=O. The number of carbonyl (C=O) groups is 1. The lowest BCUT2D eigenvalue weighted by atomic mass is 10.1. The molecule has 1 aromatic carbocycles. The second kappa shape index (κ2) is 3.90. The smallest absolute Gasteiger partial charge is 0.260 e. The summed E-state index contributed by atoms with van der Waals surface area (Å²) < 4.78 is 5.48. The predicted octanol–water partition coefficient (Wildman–Crippen LogP) is 0.779. The number of hydrogen-bond acceptors (Lipinski definition) is 3. The third kappa shape index (κ3) is 1.68. The molecule has 1 aliphatic rings. The van der Waals surface area contributed by atoms with Crippen molar-refractivity contribution in [2.24, 2.45) is 0 Å². The lowest BCUT2D eigenvalue weighted by molar-refractivity contribution is 0.0467. The number of nitrogens with zero attached hydrogens (tertiary/aromatic N) is 1. The molecular weight excluding hydrogens is 194 g/mol. The van der Waals surface area contributed by atoms with Gasteiger partial charge in [-0.05, 0) is 18.6 Å². The van der Waals surface area contributed by atoms with Gasteiger partial charge in [-0.1, -0.05) is 12.1 Å². The van der Waals surface area contributed by atoms with Gasteiger partial charge < -0.3 is 14.7 Å². The number of aliphatic hydroxyl groups excluding tert-OH is 1. The van der Waals surface area contributed by atoms with E-state index in [4.69, 9.17) is 9.84 Å². The molecule has 1 aromatic rings. The Morgan fingerprint density at radius 1 is 1.53 bits per heavy atom. The van der Waals surface area contributed by atoms with Crippen molar-refractivity contribution >= 4 is 5.91 Å². The zero-order valence-corrected chi connectivity index (χ0v) is 8.56. The summed E-state index contributed by atoms with van der Waals surface area (Å²) in [4.78, 5) is 13.4. The molecule has 1 heterocycles. The van der Waals surface area contributed by atoms with Crippen molar-refractivity contribution < 1.29 is 14.6 Å². The minimum Gasteiger partial charge on any atom is -0.472 e. The van der Waals surface area contributed by atoms with Crippen LogP contribution in [0.25, 0.3) is 0 Å². The Hall–Kier alpha value is -1.55. The number of carbonyl (C=O) groups excluding carboxylic acids is 1. The Balaban J connectivity index is 2.34. The summed E-state index contributed by atoms with van der Waals surface area (Å²) in [5.41, 5.74) is 1.54. The third-order valence-electron chi connectivity index (χ3n) is 2.46. The largest absolute Gasteiger partial charge is 0.472 e. The van der Waals surface area contributed by atoms with Crippen LogP contribution in [0, 0.1) is 6.92 Å². The van der Waals surface area contributed by atoms with Crippen LogP contribution in [0.15, 0.2) is 18.2 Å². The van der Waals surface area contributed by atoms with Gasteiger partial charge in [-0.25, -0.2) is 0 Å². The highest BCUT2D eigenvalue weighted by Gasteiger charge is 2.25. The predicted molar refractivity (Wildman–Crippen MR) is 54.8 cm³/mol. The van der Waals surface area contributed by atoms with Crippen molar-refractivity contribution in [3.63, 3.8) is 0 Å². The summed E-state index contributed by atoms with van der Waals surface area (Å²) in [6, 6.07) is 5.49. The normalized spacial score (nSPS) is 14.8. The van der Waals surface area contributed by atoms with Crippen LogP contribution in [0.5, 0.6) is 5.75 Å². The molecule has 0 fully saturated rings. The molecule has 4 heteroatoms. The average molecular weight is 207 g/mol. The van der Waals surface area contributed by atoms with Crippen molar-refractivity contribution in [2.75, 3.05) is 19.9 Å². The highest BCUT2D eigenvalue weighted by Crippen LogP contribution is 2.28. The van der Waals surface area contributed by atoms with Gasteiger partial charge in [0.25, 0.3) is 5.91 Å². The maximum atomic E-state index is 11.9. The molecule has 0 saturated carbocycles. The van der Waals surface area contributed by atoms with E-state index in [9.17, 15) is 4.79 Å². The maximum Gasteiger partial charge on any atom is 0.260 e. The number of β-amino-alcohol motifs (C(OH)–C–C–N with tert-alkyl or cyclic N) is 1. The number of hydrogen-bond donors (Lipinski definition) is 1. The van der Waals surface area contributed by atoms with Crippen molar-refractivity contribution in [1.82, 2.24) is 4.90 Å². The molecule has 0 radical (unpaired) electrons. The molecule has 1 N–H and O–H groups in total. The van der Waals surface area contributed by atoms with Gasteiger partial charge >= 0.3 is 0 Å². The van der Waals surface area contributed by atoms with Gasteiger partial charge in [0.1, 0.15) is 5.75 Å². The molecule has 0 bridgehead atoms. The van der Waals surface area contributed by atoms with Crippen LogP contribution in [-0.2, 0) is 0 Å². The maximum absolute atomic E-state index is 11.9. The van der Waals surface area contributed by atoms with Gasteiger partial charge in [0.15, 0.2) is 6.73 Å². The molecule has 2 rings (SSSR count). The molecule has 80 valence electrons. The molecule has 0 aromatic heterocycles. The summed E-state index contributed by atoms with van der Waals surface area (Å²) in [6.07, 6.45) is 0. The minimum absolute atomic E-state index is 0.0454. The van der Waals surface area contributed by atoms with E-state index in [-0.39, 0.29) is 19.2 Å². The van der Waals surface area contributed by atoms with E-state index < -0.39 is 0 Å². The Morgan fingerprint density at radius 3 is 3.07 bits per heavy atom. The van der Waals surface area contributed by atoms with E-state index in [2.05, 4.69) is 0 Å². The van der Waals surface area contributed by atoms with E-state index >= 15 is 0 Å². The number of benzene rings is 1. The monoisotopic (exact) mass is 207 g/mol. The van der Waals surface area contributed by atoms with Gasteiger partial charge in [-0.3, -0.25) is 4.79 Å². The summed E-state index contributed by atoms with van der Waals surface area (Å²) >= 11 is 0. The molecule has 1 amide bonds. The number of aryl methyl sites for hydroxylation is 1. The van der Waals surface area contributed by atoms with Crippen LogP contribution in [0.1, 0.15) is 15.9 Å². The summed E-state index contributed by atoms with van der Waals surface area (Å²) in [6.45, 7) is 2.40. The summed E-state index contributed by atoms with van der Waals surface area (Å²) in [7, 11) is 0. The van der Waals surface area contributed by atoms with Crippen molar-refractivity contribution in [2.45, 2.75) is 6.92 Å². The first-order valence-electron chi connectivity index (χ1n) is 4.86. The van der Waals surface area contributed by atoms with Crippen LogP contribution in [-0.4, -0.2) is 35.8 Å². The molecule has 0 unspecified atom stereocenters. The van der Waals surface area contributed by atoms with Crippen molar-refractivity contribution in [1.29, 1.82) is 0 Å². The number of fused-ring (bicyclic) bond motifs is 1. The summed E-state index contributed by atoms with van der Waals surface area (Å²) in [5.74, 6) is 0.589. The first-order chi connectivity index (χ1) is 7.24. The molecule has 15 heavy (non-hydrogen) atoms. The van der Waals surface area contributed by atoms with E-state index in [1.807, 2.05) is 19.1 Å². The fourth-order valence-electron chi connectivity index (χ4n) is 1.67. The second-order valence-electron chi connectivity index (χ2n) is 3.52. The van der Waals surface area contributed by atoms with Gasteiger partial charge in [0.05, 0.1) is 12.2 Å². The van der Waals surface area contributed by atoms with Gasteiger partial charge in [0, 0.05) is 6.54 Å². The van der Waals surface area contributed by atoms with Crippen LogP contribution >= 0.6 is 0 Å². The van der Waals surface area contributed by atoms with Gasteiger partial charge in [-0.15, -0.1) is 0 Å². The van der Waals surface area contributed by atoms with E-state index in [1.165, 1.54) is 4.90 Å². The second-order valence-corrected chi connectivity index (χ2v) is 3.52. The fourth-order valence-corrected chi connectivity index (χ4v) is 1.67. The quantitative estimate of drug-likeness (QED) is 0.779. The zero-order chi connectivity index (χ0) is 10.8. The third-order valence-corrected chi connectivity index (χ3v) is 2.46. The highest BCUT2D eigenvalue weighted by molar-refractivity contribution is 5.98. The number of rotatable bonds is 2. The molecule has 0 spiro atoms. The number of para-hydroxylation sites is 1. The topological polar surface area (TPSA) is 49.8 Å². The van der Waals surface area contributed by atoms with Gasteiger partial charge in [-0.2, -0.15) is 0 Å². The molecule has 0 aliphatic carbocycles. The molecule has 0 saturated heterocycles. The Morgan fingerprint density at radius 2 is 2.33 bits per heavy atom. The lowest BCUT2D eigenvalue weighted by Crippen LogP contribution is -2.40. The molecule has 0 atom stereocenters. The molecule has 1 aliphatic heterocycles. The first kappa shape index (κ1) is 9.98. The number of ether oxygens (including phenoxy) is 1. The average Bonchev–Trinajstić information content (AvgIpc) is 2.23. The van der Waals surface area contributed by atoms with E-state index in [0.29, 0.717) is 17.9 Å². The van der Waals surface area contributed by atoms with Crippen LogP contribution in [0.2, 0.25) is 0 Å².